The second-order valence-electron chi connectivity index (χ2n) is 3.57. The molecule has 0 bridgehead atoms. The fourth-order valence-corrected chi connectivity index (χ4v) is 2.19. The molecule has 0 N–H and O–H groups in total. The smallest absolute Gasteiger partial charge is 0.145 e. The molecule has 2 aromatic heterocycles. The van der Waals surface area contributed by atoms with Gasteiger partial charge in [0.2, 0.25) is 0 Å². The molecule has 0 aliphatic carbocycles. The monoisotopic (exact) mass is 320 g/mol. The van der Waals surface area contributed by atoms with Crippen molar-refractivity contribution in [3.05, 3.63) is 58.4 Å². The van der Waals surface area contributed by atoms with Crippen molar-refractivity contribution in [2.75, 3.05) is 0 Å². The van der Waals surface area contributed by atoms with Crippen LogP contribution >= 0.6 is 22.6 Å². The fraction of sp³-hybridized carbons (Fsp3) is 0. The zero-order valence-electron chi connectivity index (χ0n) is 8.47. The highest BCUT2D eigenvalue weighted by Crippen LogP contribution is 2.19. The molecule has 0 saturated heterocycles. The number of halogens is 1. The summed E-state index contributed by atoms with van der Waals surface area (Å²) in [6.07, 6.45) is 2.06. The highest BCUT2D eigenvalue weighted by atomic mass is 127. The molecule has 3 aromatic rings. The van der Waals surface area contributed by atoms with Crippen LogP contribution in [-0.4, -0.2) is 9.55 Å². The van der Waals surface area contributed by atoms with Crippen molar-refractivity contribution in [1.82, 2.24) is 9.55 Å². The van der Waals surface area contributed by atoms with Gasteiger partial charge in [0.15, 0.2) is 0 Å². The molecule has 2 heterocycles. The van der Waals surface area contributed by atoms with Gasteiger partial charge in [-0.2, -0.15) is 0 Å². The topological polar surface area (TPSA) is 17.8 Å². The van der Waals surface area contributed by atoms with Crippen LogP contribution in [0, 0.1) is 3.70 Å². The van der Waals surface area contributed by atoms with Crippen molar-refractivity contribution in [3.63, 3.8) is 0 Å². The molecule has 2 nitrogen and oxygen atoms in total. The zero-order valence-corrected chi connectivity index (χ0v) is 10.6. The maximum absolute atomic E-state index is 4.56. The summed E-state index contributed by atoms with van der Waals surface area (Å²) < 4.78 is 3.12. The molecule has 3 heteroatoms. The molecule has 0 saturated carbocycles. The van der Waals surface area contributed by atoms with Crippen molar-refractivity contribution in [3.8, 4) is 5.69 Å². The van der Waals surface area contributed by atoms with Gasteiger partial charge in [0.25, 0.3) is 0 Å². The number of hydrogen-bond donors (Lipinski definition) is 0. The van der Waals surface area contributed by atoms with Gasteiger partial charge in [-0.25, -0.2) is 4.98 Å². The summed E-state index contributed by atoms with van der Waals surface area (Å²) in [7, 11) is 0. The largest absolute Gasteiger partial charge is 0.301 e. The maximum Gasteiger partial charge on any atom is 0.145 e. The number of hydrogen-bond acceptors (Lipinski definition) is 1. The van der Waals surface area contributed by atoms with Gasteiger partial charge in [-0.05, 0) is 52.9 Å². The molecule has 78 valence electrons. The number of rotatable bonds is 1. The van der Waals surface area contributed by atoms with Crippen LogP contribution in [0.4, 0.5) is 0 Å². The summed E-state index contributed by atoms with van der Waals surface area (Å²) >= 11 is 2.24. The molecular weight excluding hydrogens is 311 g/mol. The summed E-state index contributed by atoms with van der Waals surface area (Å²) in [5.41, 5.74) is 2.16. The number of fused-ring (bicyclic) bond motifs is 1. The summed E-state index contributed by atoms with van der Waals surface area (Å²) in [5, 5.41) is 1.17. The number of nitrogens with zero attached hydrogens (tertiary/aromatic N) is 2. The van der Waals surface area contributed by atoms with Crippen LogP contribution in [0.25, 0.3) is 16.7 Å². The van der Waals surface area contributed by atoms with E-state index in [1.165, 1.54) is 5.39 Å². The van der Waals surface area contributed by atoms with Gasteiger partial charge < -0.3 is 4.57 Å². The minimum absolute atomic E-state index is 1.01. The van der Waals surface area contributed by atoms with Gasteiger partial charge >= 0.3 is 0 Å². The quantitative estimate of drug-likeness (QED) is 0.494. The van der Waals surface area contributed by atoms with E-state index in [2.05, 4.69) is 62.6 Å². The molecule has 1 aromatic carbocycles. The average molecular weight is 320 g/mol. The van der Waals surface area contributed by atoms with Gasteiger partial charge in [-0.1, -0.05) is 18.2 Å². The van der Waals surface area contributed by atoms with Crippen LogP contribution in [0.15, 0.2) is 54.7 Å². The fourth-order valence-electron chi connectivity index (χ4n) is 1.78. The molecule has 0 radical (unpaired) electrons. The average Bonchev–Trinajstić information content (AvgIpc) is 2.73. The molecular formula is C13H9IN2. The van der Waals surface area contributed by atoms with Crippen LogP contribution in [0.3, 0.4) is 0 Å². The van der Waals surface area contributed by atoms with Gasteiger partial charge in [0.05, 0.1) is 0 Å². The van der Waals surface area contributed by atoms with Crippen molar-refractivity contribution >= 4 is 33.6 Å². The molecule has 0 aliphatic rings. The standard InChI is InChI=1S/C13H9IN2/c14-12-7-6-10-8-9-16(13(10)15-12)11-4-2-1-3-5-11/h1-9H. The Hall–Kier alpha value is -1.36. The van der Waals surface area contributed by atoms with E-state index in [0.29, 0.717) is 0 Å². The Kier molecular flexibility index (Phi) is 2.40. The Morgan fingerprint density at radius 1 is 0.938 bits per heavy atom. The number of aromatic nitrogens is 2. The lowest BCUT2D eigenvalue weighted by Crippen LogP contribution is -1.93. The van der Waals surface area contributed by atoms with E-state index in [4.69, 9.17) is 0 Å². The first-order valence-corrected chi connectivity index (χ1v) is 6.11. The second kappa shape index (κ2) is 3.90. The first-order chi connectivity index (χ1) is 7.84. The second-order valence-corrected chi connectivity index (χ2v) is 4.67. The number of pyridine rings is 1. The number of benzene rings is 1. The predicted molar refractivity (Wildman–Crippen MR) is 73.8 cm³/mol. The molecule has 0 fully saturated rings. The van der Waals surface area contributed by atoms with Gasteiger partial charge in [0.1, 0.15) is 9.35 Å². The zero-order chi connectivity index (χ0) is 11.0. The highest BCUT2D eigenvalue weighted by Gasteiger charge is 2.04. The number of para-hydroxylation sites is 1. The Morgan fingerprint density at radius 2 is 1.75 bits per heavy atom. The van der Waals surface area contributed by atoms with Crippen LogP contribution in [-0.2, 0) is 0 Å². The summed E-state index contributed by atoms with van der Waals surface area (Å²) in [5.74, 6) is 0. The van der Waals surface area contributed by atoms with Crippen molar-refractivity contribution in [2.24, 2.45) is 0 Å². The van der Waals surface area contributed by atoms with E-state index >= 15 is 0 Å². The molecule has 0 spiro atoms. The third-order valence-electron chi connectivity index (χ3n) is 2.54. The lowest BCUT2D eigenvalue weighted by atomic mass is 10.3. The third kappa shape index (κ3) is 1.61. The van der Waals surface area contributed by atoms with Gasteiger partial charge in [0, 0.05) is 17.3 Å². The summed E-state index contributed by atoms with van der Waals surface area (Å²) in [6.45, 7) is 0. The highest BCUT2D eigenvalue weighted by molar-refractivity contribution is 14.1. The van der Waals surface area contributed by atoms with E-state index < -0.39 is 0 Å². The van der Waals surface area contributed by atoms with Gasteiger partial charge in [-0.15, -0.1) is 0 Å². The van der Waals surface area contributed by atoms with Crippen LogP contribution < -0.4 is 0 Å². The normalized spacial score (nSPS) is 10.8. The summed E-state index contributed by atoms with van der Waals surface area (Å²) in [4.78, 5) is 4.56. The Bertz CT molecular complexity index is 629. The molecule has 3 rings (SSSR count). The SMILES string of the molecule is Ic1ccc2ccn(-c3ccccc3)c2n1. The lowest BCUT2D eigenvalue weighted by Gasteiger charge is -2.04. The van der Waals surface area contributed by atoms with E-state index in [0.717, 1.165) is 15.0 Å². The Morgan fingerprint density at radius 3 is 2.56 bits per heavy atom. The first-order valence-electron chi connectivity index (χ1n) is 5.03. The van der Waals surface area contributed by atoms with E-state index in [1.807, 2.05) is 24.3 Å². The van der Waals surface area contributed by atoms with Crippen LogP contribution in [0.1, 0.15) is 0 Å². The molecule has 0 unspecified atom stereocenters. The Labute approximate surface area is 107 Å². The molecule has 0 amide bonds. The first kappa shape index (κ1) is 9.84. The van der Waals surface area contributed by atoms with E-state index in [1.54, 1.807) is 0 Å². The lowest BCUT2D eigenvalue weighted by molar-refractivity contribution is 1.09. The van der Waals surface area contributed by atoms with Crippen molar-refractivity contribution < 1.29 is 0 Å². The minimum atomic E-state index is 1.01. The van der Waals surface area contributed by atoms with Crippen LogP contribution in [0.5, 0.6) is 0 Å². The van der Waals surface area contributed by atoms with Crippen LogP contribution in [0.2, 0.25) is 0 Å². The summed E-state index contributed by atoms with van der Waals surface area (Å²) in [6, 6.07) is 16.5. The van der Waals surface area contributed by atoms with Gasteiger partial charge in [-0.3, -0.25) is 0 Å². The minimum Gasteiger partial charge on any atom is -0.301 e. The molecule has 0 atom stereocenters. The predicted octanol–water partition coefficient (Wildman–Crippen LogP) is 3.63. The van der Waals surface area contributed by atoms with E-state index in [9.17, 15) is 0 Å². The van der Waals surface area contributed by atoms with E-state index in [-0.39, 0.29) is 0 Å². The Balaban J connectivity index is 2.29. The third-order valence-corrected chi connectivity index (χ3v) is 3.14. The maximum atomic E-state index is 4.56. The molecule has 0 aliphatic heterocycles. The molecule has 16 heavy (non-hydrogen) atoms. The van der Waals surface area contributed by atoms with Crippen molar-refractivity contribution in [2.45, 2.75) is 0 Å². The van der Waals surface area contributed by atoms with Crippen molar-refractivity contribution in [1.29, 1.82) is 0 Å².